The molecule has 4 aromatic carbocycles. The van der Waals surface area contributed by atoms with E-state index < -0.39 is 7.26 Å². The zero-order chi connectivity index (χ0) is 31.2. The quantitative estimate of drug-likeness (QED) is 0.0601. The van der Waals surface area contributed by atoms with E-state index in [0.717, 1.165) is 34.9 Å². The molecule has 4 rings (SSSR count). The van der Waals surface area contributed by atoms with Crippen LogP contribution in [0.25, 0.3) is 0 Å². The van der Waals surface area contributed by atoms with Gasteiger partial charge in [-0.3, -0.25) is 4.79 Å². The Morgan fingerprint density at radius 1 is 0.614 bits per heavy atom. The van der Waals surface area contributed by atoms with E-state index in [0.29, 0.717) is 23.7 Å². The summed E-state index contributed by atoms with van der Waals surface area (Å²) in [5.41, 5.74) is 2.00. The Morgan fingerprint density at radius 2 is 1.05 bits per heavy atom. The van der Waals surface area contributed by atoms with Crippen molar-refractivity contribution in [1.29, 1.82) is 0 Å². The summed E-state index contributed by atoms with van der Waals surface area (Å²) in [6.07, 6.45) is 11.9. The van der Waals surface area contributed by atoms with Crippen LogP contribution in [0.1, 0.15) is 62.5 Å². The predicted octanol–water partition coefficient (Wildman–Crippen LogP) is 8.70. The number of methoxy groups -OCH3 is 2. The Kier molecular flexibility index (Phi) is 13.3. The summed E-state index contributed by atoms with van der Waals surface area (Å²) >= 11 is 3.70. The third-order valence-corrected chi connectivity index (χ3v) is 14.7. The molecule has 0 atom stereocenters. The third kappa shape index (κ3) is 7.92. The van der Waals surface area contributed by atoms with Crippen LogP contribution >= 0.6 is 23.2 Å². The maximum atomic E-state index is 11.1. The molecule has 4 aromatic rings. The van der Waals surface area contributed by atoms with Crippen LogP contribution in [0.3, 0.4) is 0 Å². The first-order valence-corrected chi connectivity index (χ1v) is 18.8. The van der Waals surface area contributed by atoms with Gasteiger partial charge in [-0.2, -0.15) is 0 Å². The second-order valence-electron chi connectivity index (χ2n) is 11.4. The summed E-state index contributed by atoms with van der Waals surface area (Å²) in [5, 5.41) is 4.50. The molecule has 0 bridgehead atoms. The molecule has 0 amide bonds. The van der Waals surface area contributed by atoms with Gasteiger partial charge in [0.15, 0.2) is 11.5 Å². The normalized spacial score (nSPS) is 11.6. The first-order chi connectivity index (χ1) is 21.6. The van der Waals surface area contributed by atoms with Crippen LogP contribution in [-0.2, 0) is 11.2 Å². The fourth-order valence-corrected chi connectivity index (χ4v) is 12.3. The summed E-state index contributed by atoms with van der Waals surface area (Å²) in [6.45, 7) is 2.40. The minimum Gasteiger partial charge on any atom is -0.490 e. The van der Waals surface area contributed by atoms with Gasteiger partial charge in [-0.25, -0.2) is 0 Å². The van der Waals surface area contributed by atoms with E-state index in [1.807, 2.05) is 6.92 Å². The molecular formula is C38H46BrO4P. The summed E-state index contributed by atoms with van der Waals surface area (Å²) < 4.78 is 17.2. The van der Waals surface area contributed by atoms with E-state index in [1.165, 1.54) is 60.6 Å². The van der Waals surface area contributed by atoms with Crippen molar-refractivity contribution in [3.8, 4) is 17.2 Å². The van der Waals surface area contributed by atoms with Gasteiger partial charge in [-0.1, -0.05) is 0 Å². The molecule has 4 nitrogen and oxygen atoms in total. The average molecular weight is 678 g/mol. The third-order valence-electron chi connectivity index (χ3n) is 8.77. The minimum atomic E-state index is -2.12. The van der Waals surface area contributed by atoms with Gasteiger partial charge in [0.25, 0.3) is 6.47 Å². The summed E-state index contributed by atoms with van der Waals surface area (Å²) in [6, 6.07) is 33.7. The number of unbranched alkanes of at least 4 members (excludes halogenated alkanes) is 7. The van der Waals surface area contributed by atoms with E-state index in [1.54, 1.807) is 14.2 Å². The number of carbonyl (C=O) groups excluding carboxylic acids is 1. The van der Waals surface area contributed by atoms with E-state index in [4.69, 9.17) is 14.2 Å². The molecule has 0 N–H and O–H groups in total. The predicted molar refractivity (Wildman–Crippen MR) is 191 cm³/mol. The zero-order valence-electron chi connectivity index (χ0n) is 26.3. The number of carbonyl (C=O) groups is 1. The molecule has 0 spiro atoms. The minimum absolute atomic E-state index is 0.427. The summed E-state index contributed by atoms with van der Waals surface area (Å²) in [5.74, 6) is 1.42. The molecule has 234 valence electrons. The monoisotopic (exact) mass is 676 g/mol. The van der Waals surface area contributed by atoms with Crippen LogP contribution in [0.15, 0.2) is 95.5 Å². The SMILES string of the molecule is COc1c(Br)c(CCCCCCCCCC[PH](c2ccccc2)(c2ccccc2)c2ccccc2)c(C)c(OC=O)c1OC. The number of rotatable bonds is 18. The van der Waals surface area contributed by atoms with Crippen LogP contribution in [0.4, 0.5) is 0 Å². The first kappa shape index (κ1) is 33.7. The van der Waals surface area contributed by atoms with Crippen LogP contribution < -0.4 is 30.1 Å². The van der Waals surface area contributed by atoms with Gasteiger partial charge in [-0.05, 0) is 22.9 Å². The van der Waals surface area contributed by atoms with Crippen molar-refractivity contribution in [2.75, 3.05) is 20.4 Å². The average Bonchev–Trinajstić information content (AvgIpc) is 3.07. The van der Waals surface area contributed by atoms with Gasteiger partial charge in [-0.15, -0.1) is 0 Å². The molecule has 0 fully saturated rings. The topological polar surface area (TPSA) is 44.8 Å². The van der Waals surface area contributed by atoms with Gasteiger partial charge in [0, 0.05) is 0 Å². The van der Waals surface area contributed by atoms with Crippen molar-refractivity contribution in [2.24, 2.45) is 0 Å². The van der Waals surface area contributed by atoms with E-state index in [2.05, 4.69) is 107 Å². The Labute approximate surface area is 272 Å². The smallest absolute Gasteiger partial charge is 0.490 e. The van der Waals surface area contributed by atoms with Crippen LogP contribution in [-0.4, -0.2) is 26.9 Å². The van der Waals surface area contributed by atoms with Crippen LogP contribution in [0.2, 0.25) is 0 Å². The molecule has 0 aliphatic rings. The molecular weight excluding hydrogens is 631 g/mol. The molecule has 0 aromatic heterocycles. The van der Waals surface area contributed by atoms with Gasteiger partial charge in [0.1, 0.15) is 0 Å². The van der Waals surface area contributed by atoms with Gasteiger partial charge >= 0.3 is 194 Å². The van der Waals surface area contributed by atoms with E-state index in [9.17, 15) is 4.79 Å². The van der Waals surface area contributed by atoms with E-state index in [-0.39, 0.29) is 0 Å². The molecule has 0 saturated carbocycles. The molecule has 0 saturated heterocycles. The summed E-state index contributed by atoms with van der Waals surface area (Å²) in [4.78, 5) is 11.1. The zero-order valence-corrected chi connectivity index (χ0v) is 28.9. The Morgan fingerprint density at radius 3 is 1.48 bits per heavy atom. The van der Waals surface area contributed by atoms with Crippen molar-refractivity contribution in [1.82, 2.24) is 0 Å². The second kappa shape index (κ2) is 17.4. The number of hydrogen-bond donors (Lipinski definition) is 0. The van der Waals surface area contributed by atoms with Gasteiger partial charge < -0.3 is 14.2 Å². The molecule has 6 heteroatoms. The number of ether oxygens (including phenoxy) is 3. The molecule has 0 radical (unpaired) electrons. The van der Waals surface area contributed by atoms with Gasteiger partial charge in [0.2, 0.25) is 5.75 Å². The van der Waals surface area contributed by atoms with Crippen LogP contribution in [0, 0.1) is 6.92 Å². The fourth-order valence-electron chi connectivity index (χ4n) is 6.52. The fraction of sp³-hybridized carbons (Fsp3) is 0.342. The van der Waals surface area contributed by atoms with Crippen LogP contribution in [0.5, 0.6) is 17.2 Å². The van der Waals surface area contributed by atoms with Crippen molar-refractivity contribution >= 4 is 45.6 Å². The number of halogens is 1. The Bertz CT molecular complexity index is 1350. The Hall–Kier alpha value is -3.14. The first-order valence-electron chi connectivity index (χ1n) is 15.8. The van der Waals surface area contributed by atoms with Crippen molar-refractivity contribution in [2.45, 2.75) is 64.7 Å². The molecule has 0 aliphatic heterocycles. The molecule has 0 unspecified atom stereocenters. The van der Waals surface area contributed by atoms with E-state index >= 15 is 0 Å². The second-order valence-corrected chi connectivity index (χ2v) is 16.2. The van der Waals surface area contributed by atoms with Crippen molar-refractivity contribution in [3.63, 3.8) is 0 Å². The summed E-state index contributed by atoms with van der Waals surface area (Å²) in [7, 11) is 1.02. The molecule has 44 heavy (non-hydrogen) atoms. The van der Waals surface area contributed by atoms with Gasteiger partial charge in [0.05, 0.1) is 14.2 Å². The standard InChI is InChI=1S/C38H46BrO4P/c1-30-34(35(39)37(41-2)38(42-3)36(30)43-29-40)27-19-8-6-4-5-7-9-20-28-44(31-21-13-10-14-22-31,32-23-15-11-16-24-32)33-25-17-12-18-26-33/h10-18,21-26,29,44H,4-9,19-20,27-28H2,1-3H3. The van der Waals surface area contributed by atoms with Crippen molar-refractivity contribution in [3.05, 3.63) is 107 Å². The Balaban J connectivity index is 1.29. The van der Waals surface area contributed by atoms with Crippen molar-refractivity contribution < 1.29 is 19.0 Å². The number of benzene rings is 4. The number of hydrogen-bond acceptors (Lipinski definition) is 4. The molecule has 0 heterocycles. The molecule has 0 aliphatic carbocycles. The maximum absolute atomic E-state index is 11.1.